The first-order chi connectivity index (χ1) is 11.4. The van der Waals surface area contributed by atoms with Crippen molar-refractivity contribution in [3.63, 3.8) is 0 Å². The fraction of sp³-hybridized carbons (Fsp3) is 0.316. The summed E-state index contributed by atoms with van der Waals surface area (Å²) in [5.41, 5.74) is 0.138. The number of aliphatic hydroxyl groups is 1. The Kier molecular flexibility index (Phi) is 6.52. The average Bonchev–Trinajstić information content (AvgIpc) is 2.58. The maximum absolute atomic E-state index is 13.1. The van der Waals surface area contributed by atoms with Crippen molar-refractivity contribution in [3.05, 3.63) is 69.7 Å². The number of likely N-dealkylation sites (tertiary alicyclic amines) is 1. The van der Waals surface area contributed by atoms with Crippen LogP contribution in [-0.4, -0.2) is 31.0 Å². The Morgan fingerprint density at radius 1 is 1.08 bits per heavy atom. The number of piperidine rings is 1. The van der Waals surface area contributed by atoms with Gasteiger partial charge in [0, 0.05) is 22.0 Å². The molecule has 0 spiro atoms. The van der Waals surface area contributed by atoms with E-state index in [1.54, 1.807) is 36.4 Å². The molecular formula is C19H20Cl3NO2. The molecule has 1 aliphatic rings. The molecule has 1 fully saturated rings. The smallest absolute Gasteiger partial charge is 0.174 e. The molecule has 25 heavy (non-hydrogen) atoms. The third-order valence-electron chi connectivity index (χ3n) is 4.85. The van der Waals surface area contributed by atoms with Crippen molar-refractivity contribution in [1.29, 1.82) is 0 Å². The van der Waals surface area contributed by atoms with Gasteiger partial charge in [0.15, 0.2) is 5.78 Å². The number of hydrogen-bond acceptors (Lipinski definition) is 2. The van der Waals surface area contributed by atoms with Crippen molar-refractivity contribution in [3.8, 4) is 0 Å². The highest BCUT2D eigenvalue weighted by Gasteiger charge is 2.48. The number of rotatable bonds is 3. The van der Waals surface area contributed by atoms with E-state index in [-0.39, 0.29) is 18.2 Å². The van der Waals surface area contributed by atoms with Gasteiger partial charge in [0.1, 0.15) is 11.5 Å². The van der Waals surface area contributed by atoms with Crippen molar-refractivity contribution in [2.75, 3.05) is 20.1 Å². The van der Waals surface area contributed by atoms with E-state index in [1.165, 1.54) is 4.90 Å². The standard InChI is InChI=1S/C19H19Cl2NO2.ClH/c1-22-11-10-19(24,14-4-8-16(21)9-5-14)17(12-22)18(23)13-2-6-15(20)7-3-13;/h2-9,17,24H,10-12H2,1H3;1H. The quantitative estimate of drug-likeness (QED) is 0.689. The van der Waals surface area contributed by atoms with Crippen LogP contribution in [0.4, 0.5) is 0 Å². The maximum Gasteiger partial charge on any atom is 0.174 e. The van der Waals surface area contributed by atoms with Gasteiger partial charge in [0.2, 0.25) is 0 Å². The van der Waals surface area contributed by atoms with E-state index >= 15 is 0 Å². The van der Waals surface area contributed by atoms with Crippen LogP contribution in [0.3, 0.4) is 0 Å². The molecule has 0 saturated carbocycles. The second kappa shape index (κ2) is 8.07. The SMILES string of the molecule is C[NH+]1CCC(O)(c2ccc(Cl)cc2)C(C(=O)c2ccc(Cl)cc2)C1.[Cl-]. The van der Waals surface area contributed by atoms with Crippen LogP contribution >= 0.6 is 23.2 Å². The first-order valence-electron chi connectivity index (χ1n) is 7.99. The van der Waals surface area contributed by atoms with Crippen molar-refractivity contribution >= 4 is 29.0 Å². The second-order valence-corrected chi connectivity index (χ2v) is 7.39. The van der Waals surface area contributed by atoms with E-state index in [2.05, 4.69) is 0 Å². The lowest BCUT2D eigenvalue weighted by Gasteiger charge is -2.41. The fourth-order valence-corrected chi connectivity index (χ4v) is 3.66. The molecule has 2 aromatic rings. The molecule has 134 valence electrons. The van der Waals surface area contributed by atoms with Crippen LogP contribution in [0.25, 0.3) is 0 Å². The summed E-state index contributed by atoms with van der Waals surface area (Å²) in [6, 6.07) is 14.0. The first-order valence-corrected chi connectivity index (χ1v) is 8.75. The predicted molar refractivity (Wildman–Crippen MR) is 95.9 cm³/mol. The molecule has 3 atom stereocenters. The van der Waals surface area contributed by atoms with Gasteiger partial charge < -0.3 is 22.4 Å². The monoisotopic (exact) mass is 399 g/mol. The number of nitrogens with one attached hydrogen (secondary N) is 1. The molecule has 0 aromatic heterocycles. The number of carbonyl (C=O) groups excluding carboxylic acids is 1. The summed E-state index contributed by atoms with van der Waals surface area (Å²) in [6.07, 6.45) is 0.532. The highest BCUT2D eigenvalue weighted by atomic mass is 35.5. The van der Waals surface area contributed by atoms with E-state index in [9.17, 15) is 9.90 Å². The van der Waals surface area contributed by atoms with Gasteiger partial charge in [-0.1, -0.05) is 35.3 Å². The van der Waals surface area contributed by atoms with Crippen LogP contribution in [0, 0.1) is 5.92 Å². The molecule has 0 bridgehead atoms. The molecule has 1 aliphatic heterocycles. The molecule has 3 unspecified atom stereocenters. The second-order valence-electron chi connectivity index (χ2n) is 6.52. The lowest BCUT2D eigenvalue weighted by Crippen LogP contribution is -3.12. The highest BCUT2D eigenvalue weighted by Crippen LogP contribution is 2.36. The lowest BCUT2D eigenvalue weighted by molar-refractivity contribution is -0.890. The molecule has 0 radical (unpaired) electrons. The molecule has 2 N–H and O–H groups in total. The van der Waals surface area contributed by atoms with E-state index in [0.29, 0.717) is 28.6 Å². The van der Waals surface area contributed by atoms with Gasteiger partial charge >= 0.3 is 0 Å². The number of carbonyl (C=O) groups is 1. The van der Waals surface area contributed by atoms with Crippen molar-refractivity contribution in [1.82, 2.24) is 0 Å². The van der Waals surface area contributed by atoms with Gasteiger partial charge in [0.05, 0.1) is 20.1 Å². The minimum atomic E-state index is -1.18. The Morgan fingerprint density at radius 2 is 1.60 bits per heavy atom. The van der Waals surface area contributed by atoms with Crippen LogP contribution in [0.15, 0.2) is 48.5 Å². The van der Waals surface area contributed by atoms with E-state index in [1.807, 2.05) is 19.2 Å². The molecule has 0 aliphatic carbocycles. The fourth-order valence-electron chi connectivity index (χ4n) is 3.41. The van der Waals surface area contributed by atoms with Crippen molar-refractivity contribution < 1.29 is 27.2 Å². The molecule has 2 aromatic carbocycles. The van der Waals surface area contributed by atoms with Gasteiger partial charge in [-0.15, -0.1) is 0 Å². The topological polar surface area (TPSA) is 41.7 Å². The van der Waals surface area contributed by atoms with Crippen molar-refractivity contribution in [2.45, 2.75) is 12.0 Å². The predicted octanol–water partition coefficient (Wildman–Crippen LogP) is -0.397. The number of hydrogen-bond donors (Lipinski definition) is 2. The Hall–Kier alpha value is -1.10. The summed E-state index contributed by atoms with van der Waals surface area (Å²) in [4.78, 5) is 14.3. The molecule has 3 rings (SSSR count). The third-order valence-corrected chi connectivity index (χ3v) is 5.36. The van der Waals surface area contributed by atoms with Gasteiger partial charge in [-0.05, 0) is 42.0 Å². The zero-order valence-corrected chi connectivity index (χ0v) is 16.1. The first kappa shape index (κ1) is 20.2. The zero-order chi connectivity index (χ0) is 17.3. The molecule has 3 nitrogen and oxygen atoms in total. The lowest BCUT2D eigenvalue weighted by atomic mass is 9.73. The number of quaternary nitrogens is 1. The highest BCUT2D eigenvalue weighted by molar-refractivity contribution is 6.30. The van der Waals surface area contributed by atoms with Gasteiger partial charge in [0.25, 0.3) is 0 Å². The molecule has 1 heterocycles. The van der Waals surface area contributed by atoms with Crippen LogP contribution in [0.2, 0.25) is 10.0 Å². The summed E-state index contributed by atoms with van der Waals surface area (Å²) in [7, 11) is 2.05. The summed E-state index contributed by atoms with van der Waals surface area (Å²) in [5, 5.41) is 12.6. The Labute approximate surface area is 164 Å². The van der Waals surface area contributed by atoms with E-state index in [4.69, 9.17) is 23.2 Å². The third kappa shape index (κ3) is 4.18. The minimum absolute atomic E-state index is 0. The summed E-state index contributed by atoms with van der Waals surface area (Å²) in [6.45, 7) is 1.39. The summed E-state index contributed by atoms with van der Waals surface area (Å²) < 4.78 is 0. The number of halogens is 3. The van der Waals surface area contributed by atoms with Gasteiger partial charge in [-0.3, -0.25) is 4.79 Å². The molecule has 1 saturated heterocycles. The molecule has 6 heteroatoms. The molecular weight excluding hydrogens is 381 g/mol. The Bertz CT molecular complexity index is 733. The summed E-state index contributed by atoms with van der Waals surface area (Å²) in [5.74, 6) is -0.559. The number of ketones is 1. The van der Waals surface area contributed by atoms with E-state index < -0.39 is 11.5 Å². The van der Waals surface area contributed by atoms with E-state index in [0.717, 1.165) is 12.1 Å². The zero-order valence-electron chi connectivity index (χ0n) is 13.8. The normalized spacial score (nSPS) is 25.9. The number of benzene rings is 2. The Morgan fingerprint density at radius 3 is 2.16 bits per heavy atom. The molecule has 0 amide bonds. The minimum Gasteiger partial charge on any atom is -1.00 e. The summed E-state index contributed by atoms with van der Waals surface area (Å²) >= 11 is 11.9. The van der Waals surface area contributed by atoms with Crippen LogP contribution in [0.1, 0.15) is 22.3 Å². The maximum atomic E-state index is 13.1. The van der Waals surface area contributed by atoms with Crippen LogP contribution in [-0.2, 0) is 5.60 Å². The van der Waals surface area contributed by atoms with Gasteiger partial charge in [-0.2, -0.15) is 0 Å². The van der Waals surface area contributed by atoms with Crippen LogP contribution in [0.5, 0.6) is 0 Å². The Balaban J connectivity index is 0.00000225. The largest absolute Gasteiger partial charge is 1.00 e. The average molecular weight is 401 g/mol. The number of Topliss-reactive ketones (excluding diaryl/α,β-unsaturated/α-hetero) is 1. The van der Waals surface area contributed by atoms with Crippen LogP contribution < -0.4 is 17.3 Å². The van der Waals surface area contributed by atoms with Crippen molar-refractivity contribution in [2.24, 2.45) is 5.92 Å². The van der Waals surface area contributed by atoms with Gasteiger partial charge in [-0.25, -0.2) is 0 Å².